The van der Waals surface area contributed by atoms with E-state index in [2.05, 4.69) is 15.9 Å². The highest BCUT2D eigenvalue weighted by atomic mass is 79.9. The van der Waals surface area contributed by atoms with Gasteiger partial charge in [0.25, 0.3) is 0 Å². The molecule has 168 valence electrons. The third kappa shape index (κ3) is 2.66. The third-order valence-electron chi connectivity index (χ3n) is 6.81. The summed E-state index contributed by atoms with van der Waals surface area (Å²) in [6.45, 7) is 0. The standard InChI is InChI=1S/C26H15BrClNO5/c27-17-7-3-4-8-18(17)29-24(32)19-20(25(29)33)26(34-21(19)13-9-11-14(28)12-10-13)22(30)15-5-1-2-6-16(15)23(26)31/h1-12,19-21H/t19-,20-,21-/m0/s1. The highest BCUT2D eigenvalue weighted by molar-refractivity contribution is 9.10. The van der Waals surface area contributed by atoms with E-state index < -0.39 is 46.9 Å². The summed E-state index contributed by atoms with van der Waals surface area (Å²) in [6, 6.07) is 19.9. The highest BCUT2D eigenvalue weighted by Gasteiger charge is 2.74. The van der Waals surface area contributed by atoms with E-state index in [0.717, 1.165) is 4.90 Å². The maximum absolute atomic E-state index is 13.9. The molecule has 0 unspecified atom stereocenters. The van der Waals surface area contributed by atoms with Gasteiger partial charge < -0.3 is 4.74 Å². The van der Waals surface area contributed by atoms with E-state index in [1.807, 2.05) is 0 Å². The number of ketones is 2. The van der Waals surface area contributed by atoms with Gasteiger partial charge in [-0.2, -0.15) is 0 Å². The second-order valence-electron chi connectivity index (χ2n) is 8.50. The van der Waals surface area contributed by atoms with Gasteiger partial charge in [0.05, 0.1) is 23.6 Å². The number of imide groups is 1. The Morgan fingerprint density at radius 1 is 0.794 bits per heavy atom. The molecule has 2 aliphatic heterocycles. The number of benzene rings is 3. The predicted molar refractivity (Wildman–Crippen MR) is 127 cm³/mol. The maximum atomic E-state index is 13.9. The van der Waals surface area contributed by atoms with Crippen LogP contribution in [0.3, 0.4) is 0 Å². The van der Waals surface area contributed by atoms with Gasteiger partial charge in [0, 0.05) is 20.6 Å². The van der Waals surface area contributed by atoms with Crippen LogP contribution >= 0.6 is 27.5 Å². The minimum Gasteiger partial charge on any atom is -0.349 e. The van der Waals surface area contributed by atoms with Crippen molar-refractivity contribution >= 4 is 56.6 Å². The summed E-state index contributed by atoms with van der Waals surface area (Å²) in [6.07, 6.45) is -0.978. The summed E-state index contributed by atoms with van der Waals surface area (Å²) < 4.78 is 6.79. The fourth-order valence-electron chi connectivity index (χ4n) is 5.34. The fourth-order valence-corrected chi connectivity index (χ4v) is 5.93. The van der Waals surface area contributed by atoms with Gasteiger partial charge in [0.15, 0.2) is 0 Å². The quantitative estimate of drug-likeness (QED) is 0.347. The van der Waals surface area contributed by atoms with Gasteiger partial charge >= 0.3 is 0 Å². The number of rotatable bonds is 2. The number of ether oxygens (including phenoxy) is 1. The summed E-state index contributed by atoms with van der Waals surface area (Å²) >= 11 is 9.45. The Kier molecular flexibility index (Phi) is 4.68. The first-order valence-electron chi connectivity index (χ1n) is 10.6. The van der Waals surface area contributed by atoms with Crippen LogP contribution in [0.15, 0.2) is 77.3 Å². The number of anilines is 1. The van der Waals surface area contributed by atoms with E-state index in [1.165, 1.54) is 0 Å². The zero-order chi connectivity index (χ0) is 23.8. The molecule has 1 aliphatic carbocycles. The minimum absolute atomic E-state index is 0.197. The van der Waals surface area contributed by atoms with Crippen LogP contribution in [0.1, 0.15) is 32.4 Å². The summed E-state index contributed by atoms with van der Waals surface area (Å²) in [5.74, 6) is -4.67. The van der Waals surface area contributed by atoms with E-state index >= 15 is 0 Å². The van der Waals surface area contributed by atoms with Gasteiger partial charge in [-0.25, -0.2) is 4.90 Å². The zero-order valence-electron chi connectivity index (χ0n) is 17.4. The number of nitrogens with zero attached hydrogens (tertiary/aromatic N) is 1. The first kappa shape index (κ1) is 21.4. The lowest BCUT2D eigenvalue weighted by Gasteiger charge is -2.27. The van der Waals surface area contributed by atoms with Gasteiger partial charge in [-0.05, 0) is 45.8 Å². The molecule has 2 fully saturated rings. The Balaban J connectivity index is 1.56. The van der Waals surface area contributed by atoms with E-state index in [4.69, 9.17) is 16.3 Å². The molecule has 0 radical (unpaired) electrons. The second kappa shape index (κ2) is 7.43. The Morgan fingerprint density at radius 3 is 2.00 bits per heavy atom. The van der Waals surface area contributed by atoms with Crippen molar-refractivity contribution in [2.75, 3.05) is 4.90 Å². The normalized spacial score (nSPS) is 24.8. The molecule has 3 aromatic carbocycles. The van der Waals surface area contributed by atoms with Crippen molar-refractivity contribution in [1.29, 1.82) is 0 Å². The summed E-state index contributed by atoms with van der Waals surface area (Å²) in [5.41, 5.74) is -0.790. The summed E-state index contributed by atoms with van der Waals surface area (Å²) in [5, 5.41) is 0.483. The van der Waals surface area contributed by atoms with Crippen LogP contribution < -0.4 is 4.90 Å². The molecule has 6 rings (SSSR count). The van der Waals surface area contributed by atoms with Crippen LogP contribution in [0.5, 0.6) is 0 Å². The number of carbonyl (C=O) groups is 4. The SMILES string of the molecule is O=C1[C@H]2[C@@H](C(=O)N1c1ccccc1Br)C1(O[C@H]2c2ccc(Cl)cc2)C(=O)c2ccccc2C1=O. The average Bonchev–Trinajstić information content (AvgIpc) is 3.40. The van der Waals surface area contributed by atoms with Crippen LogP contribution in [0.25, 0.3) is 0 Å². The van der Waals surface area contributed by atoms with Crippen LogP contribution in [0, 0.1) is 11.8 Å². The Hall–Kier alpha value is -3.13. The van der Waals surface area contributed by atoms with Crippen molar-refractivity contribution in [2.24, 2.45) is 11.8 Å². The van der Waals surface area contributed by atoms with Gasteiger partial charge in [-0.1, -0.05) is 60.1 Å². The molecule has 6 nitrogen and oxygen atoms in total. The highest BCUT2D eigenvalue weighted by Crippen LogP contribution is 2.58. The Bertz CT molecular complexity index is 1380. The number of amides is 2. The van der Waals surface area contributed by atoms with Crippen molar-refractivity contribution in [3.05, 3.63) is 99.0 Å². The third-order valence-corrected chi connectivity index (χ3v) is 7.73. The second-order valence-corrected chi connectivity index (χ2v) is 9.79. The van der Waals surface area contributed by atoms with Crippen LogP contribution in [0.2, 0.25) is 5.02 Å². The van der Waals surface area contributed by atoms with E-state index in [0.29, 0.717) is 20.7 Å². The molecule has 3 aliphatic rings. The molecule has 3 aromatic rings. The number of para-hydroxylation sites is 1. The Morgan fingerprint density at radius 2 is 1.38 bits per heavy atom. The number of fused-ring (bicyclic) bond motifs is 3. The summed E-state index contributed by atoms with van der Waals surface area (Å²) in [4.78, 5) is 56.1. The number of halogens is 2. The van der Waals surface area contributed by atoms with Crippen LogP contribution in [0.4, 0.5) is 5.69 Å². The summed E-state index contributed by atoms with van der Waals surface area (Å²) in [7, 11) is 0. The van der Waals surface area contributed by atoms with Gasteiger partial charge in [-0.15, -0.1) is 0 Å². The molecule has 2 heterocycles. The lowest BCUT2D eigenvalue weighted by molar-refractivity contribution is -0.127. The largest absolute Gasteiger partial charge is 0.349 e. The first-order valence-corrected chi connectivity index (χ1v) is 11.8. The lowest BCUT2D eigenvalue weighted by Crippen LogP contribution is -2.51. The van der Waals surface area contributed by atoms with Crippen molar-refractivity contribution in [2.45, 2.75) is 11.7 Å². The smallest absolute Gasteiger partial charge is 0.241 e. The van der Waals surface area contributed by atoms with Gasteiger partial charge in [0.1, 0.15) is 0 Å². The lowest BCUT2D eigenvalue weighted by atomic mass is 9.77. The van der Waals surface area contributed by atoms with E-state index in [-0.39, 0.29) is 11.1 Å². The molecule has 34 heavy (non-hydrogen) atoms. The molecule has 2 saturated heterocycles. The molecular formula is C26H15BrClNO5. The fraction of sp³-hybridized carbons (Fsp3) is 0.154. The topological polar surface area (TPSA) is 80.8 Å². The van der Waals surface area contributed by atoms with Crippen molar-refractivity contribution in [3.63, 3.8) is 0 Å². The monoisotopic (exact) mass is 535 g/mol. The molecular weight excluding hydrogens is 522 g/mol. The zero-order valence-corrected chi connectivity index (χ0v) is 19.7. The number of carbonyl (C=O) groups excluding carboxylic acids is 4. The number of hydrogen-bond acceptors (Lipinski definition) is 5. The van der Waals surface area contributed by atoms with E-state index in [1.54, 1.807) is 72.8 Å². The van der Waals surface area contributed by atoms with Crippen molar-refractivity contribution in [3.8, 4) is 0 Å². The molecule has 0 saturated carbocycles. The molecule has 8 heteroatoms. The molecule has 2 amide bonds. The molecule has 0 aromatic heterocycles. The molecule has 0 bridgehead atoms. The Labute approximate surface area is 207 Å². The molecule has 3 atom stereocenters. The van der Waals surface area contributed by atoms with Gasteiger partial charge in [0.2, 0.25) is 29.0 Å². The van der Waals surface area contributed by atoms with Crippen LogP contribution in [-0.2, 0) is 14.3 Å². The first-order chi connectivity index (χ1) is 16.4. The van der Waals surface area contributed by atoms with Crippen LogP contribution in [-0.4, -0.2) is 29.0 Å². The molecule has 0 N–H and O–H groups in total. The number of hydrogen-bond donors (Lipinski definition) is 0. The van der Waals surface area contributed by atoms with Crippen molar-refractivity contribution < 1.29 is 23.9 Å². The van der Waals surface area contributed by atoms with Crippen molar-refractivity contribution in [1.82, 2.24) is 0 Å². The molecule has 1 spiro atoms. The number of Topliss-reactive ketones (excluding diaryl/α,β-unsaturated/α-hetero) is 2. The van der Waals surface area contributed by atoms with E-state index in [9.17, 15) is 19.2 Å². The average molecular weight is 537 g/mol. The minimum atomic E-state index is -2.10. The maximum Gasteiger partial charge on any atom is 0.241 e. The predicted octanol–water partition coefficient (Wildman–Crippen LogP) is 4.80. The van der Waals surface area contributed by atoms with Gasteiger partial charge in [-0.3, -0.25) is 19.2 Å².